The van der Waals surface area contributed by atoms with Gasteiger partial charge in [-0.1, -0.05) is 0 Å². The highest BCUT2D eigenvalue weighted by atomic mass is 35.5. The molecular weight excluding hydrogens is 154 g/mol. The van der Waals surface area contributed by atoms with Gasteiger partial charge in [0.15, 0.2) is 5.88 Å². The van der Waals surface area contributed by atoms with E-state index in [4.69, 9.17) is 5.11 Å². The summed E-state index contributed by atoms with van der Waals surface area (Å²) in [6.45, 7) is 1.71. The van der Waals surface area contributed by atoms with Crippen LogP contribution in [-0.4, -0.2) is 10.1 Å². The van der Waals surface area contributed by atoms with Crippen molar-refractivity contribution in [3.63, 3.8) is 0 Å². The Kier molecular flexibility index (Phi) is 2.96. The van der Waals surface area contributed by atoms with Crippen LogP contribution >= 0.6 is 12.4 Å². The Morgan fingerprint density at radius 1 is 1.50 bits per heavy atom. The number of pyridine rings is 1. The SMILES string of the molecule is Cc1ccc(=O)[nH]c1O.Cl. The fourth-order valence-electron chi connectivity index (χ4n) is 0.537. The fourth-order valence-corrected chi connectivity index (χ4v) is 0.537. The first-order valence-electron chi connectivity index (χ1n) is 2.59. The maximum atomic E-state index is 10.4. The van der Waals surface area contributed by atoms with Gasteiger partial charge in [-0.15, -0.1) is 12.4 Å². The van der Waals surface area contributed by atoms with Crippen molar-refractivity contribution < 1.29 is 5.11 Å². The summed E-state index contributed by atoms with van der Waals surface area (Å²) in [6.07, 6.45) is 0. The summed E-state index contributed by atoms with van der Waals surface area (Å²) in [5, 5.41) is 8.84. The number of aromatic nitrogens is 1. The molecule has 1 aromatic heterocycles. The Bertz CT molecular complexity index is 269. The zero-order valence-electron chi connectivity index (χ0n) is 5.42. The van der Waals surface area contributed by atoms with Crippen LogP contribution in [0, 0.1) is 6.92 Å². The average Bonchev–Trinajstić information content (AvgIpc) is 1.80. The van der Waals surface area contributed by atoms with Gasteiger partial charge in [-0.2, -0.15) is 0 Å². The number of aryl methyl sites for hydroxylation is 1. The van der Waals surface area contributed by atoms with E-state index in [0.717, 1.165) is 0 Å². The normalized spacial score (nSPS) is 8.50. The molecular formula is C6H8ClNO2. The lowest BCUT2D eigenvalue weighted by molar-refractivity contribution is 0.447. The van der Waals surface area contributed by atoms with Crippen LogP contribution in [0.15, 0.2) is 16.9 Å². The van der Waals surface area contributed by atoms with Gasteiger partial charge in [-0.05, 0) is 13.0 Å². The molecule has 0 saturated heterocycles. The van der Waals surface area contributed by atoms with Crippen molar-refractivity contribution >= 4 is 12.4 Å². The van der Waals surface area contributed by atoms with E-state index in [9.17, 15) is 4.79 Å². The van der Waals surface area contributed by atoms with Crippen LogP contribution in [-0.2, 0) is 0 Å². The third-order valence-corrected chi connectivity index (χ3v) is 1.10. The van der Waals surface area contributed by atoms with Crippen LogP contribution < -0.4 is 5.56 Å². The zero-order valence-corrected chi connectivity index (χ0v) is 6.23. The van der Waals surface area contributed by atoms with E-state index in [0.29, 0.717) is 5.56 Å². The molecule has 2 N–H and O–H groups in total. The highest BCUT2D eigenvalue weighted by Crippen LogP contribution is 2.05. The number of hydrogen-bond acceptors (Lipinski definition) is 2. The first kappa shape index (κ1) is 9.04. The van der Waals surface area contributed by atoms with Gasteiger partial charge < -0.3 is 5.11 Å². The zero-order chi connectivity index (χ0) is 6.85. The Labute approximate surface area is 64.1 Å². The first-order chi connectivity index (χ1) is 4.20. The van der Waals surface area contributed by atoms with Gasteiger partial charge in [0, 0.05) is 11.6 Å². The van der Waals surface area contributed by atoms with Crippen LogP contribution in [0.2, 0.25) is 0 Å². The van der Waals surface area contributed by atoms with Gasteiger partial charge in [0.1, 0.15) is 0 Å². The van der Waals surface area contributed by atoms with Crippen LogP contribution in [0.1, 0.15) is 5.56 Å². The molecule has 56 valence electrons. The molecule has 0 amide bonds. The van der Waals surface area contributed by atoms with E-state index >= 15 is 0 Å². The third-order valence-electron chi connectivity index (χ3n) is 1.10. The smallest absolute Gasteiger partial charge is 0.250 e. The number of hydrogen-bond donors (Lipinski definition) is 2. The van der Waals surface area contributed by atoms with Gasteiger partial charge in [-0.3, -0.25) is 9.78 Å². The molecule has 1 aromatic rings. The summed E-state index contributed by atoms with van der Waals surface area (Å²) in [4.78, 5) is 12.7. The van der Waals surface area contributed by atoms with E-state index < -0.39 is 0 Å². The number of rotatable bonds is 0. The van der Waals surface area contributed by atoms with Crippen molar-refractivity contribution in [2.45, 2.75) is 6.92 Å². The molecule has 0 saturated carbocycles. The molecule has 1 heterocycles. The van der Waals surface area contributed by atoms with Crippen molar-refractivity contribution in [2.75, 3.05) is 0 Å². The number of aromatic amines is 1. The number of nitrogens with one attached hydrogen (secondary N) is 1. The van der Waals surface area contributed by atoms with E-state index in [1.165, 1.54) is 6.07 Å². The largest absolute Gasteiger partial charge is 0.494 e. The van der Waals surface area contributed by atoms with Crippen LogP contribution in [0.3, 0.4) is 0 Å². The molecule has 3 nitrogen and oxygen atoms in total. The summed E-state index contributed by atoms with van der Waals surface area (Å²) in [6, 6.07) is 2.93. The molecule has 0 radical (unpaired) electrons. The molecule has 0 unspecified atom stereocenters. The summed E-state index contributed by atoms with van der Waals surface area (Å²) >= 11 is 0. The monoisotopic (exact) mass is 161 g/mol. The molecule has 0 bridgehead atoms. The highest BCUT2D eigenvalue weighted by Gasteiger charge is 1.91. The Hall–Kier alpha value is -0.960. The van der Waals surface area contributed by atoms with Gasteiger partial charge in [0.2, 0.25) is 0 Å². The summed E-state index contributed by atoms with van der Waals surface area (Å²) in [5.74, 6) is -0.0532. The lowest BCUT2D eigenvalue weighted by Crippen LogP contribution is -2.02. The Morgan fingerprint density at radius 2 is 2.10 bits per heavy atom. The molecule has 0 aliphatic carbocycles. The Balaban J connectivity index is 0.000000810. The van der Waals surface area contributed by atoms with Crippen LogP contribution in [0.25, 0.3) is 0 Å². The van der Waals surface area contributed by atoms with Crippen molar-refractivity contribution in [2.24, 2.45) is 0 Å². The van der Waals surface area contributed by atoms with Gasteiger partial charge >= 0.3 is 0 Å². The standard InChI is InChI=1S/C6H7NO2.ClH/c1-4-2-3-5(8)7-6(4)9;/h2-3H,1H3,(H2,7,8,9);1H. The van der Waals surface area contributed by atoms with Crippen molar-refractivity contribution in [1.82, 2.24) is 4.98 Å². The van der Waals surface area contributed by atoms with E-state index in [1.54, 1.807) is 13.0 Å². The molecule has 0 fully saturated rings. The summed E-state index contributed by atoms with van der Waals surface area (Å²) in [7, 11) is 0. The van der Waals surface area contributed by atoms with E-state index in [1.807, 2.05) is 0 Å². The Morgan fingerprint density at radius 3 is 2.50 bits per heavy atom. The highest BCUT2D eigenvalue weighted by molar-refractivity contribution is 5.85. The molecule has 1 rings (SSSR count). The van der Waals surface area contributed by atoms with Crippen molar-refractivity contribution in [3.05, 3.63) is 28.0 Å². The topological polar surface area (TPSA) is 53.1 Å². The first-order valence-corrected chi connectivity index (χ1v) is 2.59. The minimum absolute atomic E-state index is 0. The lowest BCUT2D eigenvalue weighted by Gasteiger charge is -1.92. The minimum atomic E-state index is -0.280. The second-order valence-electron chi connectivity index (χ2n) is 1.85. The number of H-pyrrole nitrogens is 1. The van der Waals surface area contributed by atoms with Crippen LogP contribution in [0.4, 0.5) is 0 Å². The molecule has 0 aromatic carbocycles. The second-order valence-corrected chi connectivity index (χ2v) is 1.85. The quantitative estimate of drug-likeness (QED) is 0.592. The molecule has 0 aliphatic rings. The summed E-state index contributed by atoms with van der Waals surface area (Å²) < 4.78 is 0. The fraction of sp³-hybridized carbons (Fsp3) is 0.167. The summed E-state index contributed by atoms with van der Waals surface area (Å²) in [5.41, 5.74) is 0.396. The second kappa shape index (κ2) is 3.27. The van der Waals surface area contributed by atoms with Gasteiger partial charge in [0.05, 0.1) is 0 Å². The number of halogens is 1. The van der Waals surface area contributed by atoms with Gasteiger partial charge in [0.25, 0.3) is 5.56 Å². The third kappa shape index (κ3) is 1.77. The van der Waals surface area contributed by atoms with Crippen molar-refractivity contribution in [1.29, 1.82) is 0 Å². The average molecular weight is 162 g/mol. The van der Waals surface area contributed by atoms with E-state index in [2.05, 4.69) is 4.98 Å². The van der Waals surface area contributed by atoms with E-state index in [-0.39, 0.29) is 23.8 Å². The molecule has 4 heteroatoms. The lowest BCUT2D eigenvalue weighted by atomic mass is 10.3. The maximum Gasteiger partial charge on any atom is 0.250 e. The predicted molar refractivity (Wildman–Crippen MR) is 40.7 cm³/mol. The molecule has 0 aliphatic heterocycles. The molecule has 0 spiro atoms. The molecule has 0 atom stereocenters. The predicted octanol–water partition coefficient (Wildman–Crippen LogP) is 0.811. The van der Waals surface area contributed by atoms with Crippen LogP contribution in [0.5, 0.6) is 5.88 Å². The number of aromatic hydroxyl groups is 1. The maximum absolute atomic E-state index is 10.4. The van der Waals surface area contributed by atoms with Crippen molar-refractivity contribution in [3.8, 4) is 5.88 Å². The molecule has 10 heavy (non-hydrogen) atoms. The van der Waals surface area contributed by atoms with Gasteiger partial charge in [-0.25, -0.2) is 0 Å². The minimum Gasteiger partial charge on any atom is -0.494 e.